The Morgan fingerprint density at radius 3 is 2.83 bits per heavy atom. The first-order valence-electron chi connectivity index (χ1n) is 6.34. The molecule has 0 spiro atoms. The van der Waals surface area contributed by atoms with E-state index in [2.05, 4.69) is 54.2 Å². The normalized spacial score (nSPS) is 11.0. The number of benzene rings is 1. The second-order valence-corrected chi connectivity index (χ2v) is 4.74. The van der Waals surface area contributed by atoms with Crippen LogP contribution in [-0.2, 0) is 6.42 Å². The number of nitriles is 1. The van der Waals surface area contributed by atoms with Gasteiger partial charge in [-0.05, 0) is 32.0 Å². The molecule has 0 bridgehead atoms. The highest BCUT2D eigenvalue weighted by molar-refractivity contribution is 5.84. The molecule has 0 aliphatic rings. The summed E-state index contributed by atoms with van der Waals surface area (Å²) in [6.45, 7) is 3.97. The third-order valence-electron chi connectivity index (χ3n) is 3.38. The first-order valence-corrected chi connectivity index (χ1v) is 6.34. The largest absolute Gasteiger partial charge is 0.358 e. The molecule has 94 valence electrons. The first-order chi connectivity index (χ1) is 8.72. The number of aromatic amines is 1. The third kappa shape index (κ3) is 2.72. The predicted molar refractivity (Wildman–Crippen MR) is 74.5 cm³/mol. The average molecular weight is 241 g/mol. The van der Waals surface area contributed by atoms with Crippen molar-refractivity contribution in [2.75, 3.05) is 20.1 Å². The molecule has 0 amide bonds. The van der Waals surface area contributed by atoms with E-state index in [9.17, 15) is 0 Å². The molecule has 18 heavy (non-hydrogen) atoms. The van der Waals surface area contributed by atoms with Crippen LogP contribution in [0.4, 0.5) is 0 Å². The predicted octanol–water partition coefficient (Wildman–Crippen LogP) is 2.86. The molecule has 3 nitrogen and oxygen atoms in total. The van der Waals surface area contributed by atoms with Crippen molar-refractivity contribution in [3.63, 3.8) is 0 Å². The van der Waals surface area contributed by atoms with Crippen molar-refractivity contribution in [2.24, 2.45) is 0 Å². The van der Waals surface area contributed by atoms with Crippen molar-refractivity contribution in [3.8, 4) is 6.07 Å². The van der Waals surface area contributed by atoms with Gasteiger partial charge in [0.25, 0.3) is 0 Å². The summed E-state index contributed by atoms with van der Waals surface area (Å²) in [6, 6.07) is 10.6. The molecule has 1 aromatic carbocycles. The first kappa shape index (κ1) is 12.7. The van der Waals surface area contributed by atoms with Gasteiger partial charge in [-0.1, -0.05) is 18.2 Å². The monoisotopic (exact) mass is 241 g/mol. The lowest BCUT2D eigenvalue weighted by atomic mass is 10.1. The number of hydrogen-bond donors (Lipinski definition) is 1. The van der Waals surface area contributed by atoms with Crippen LogP contribution >= 0.6 is 0 Å². The quantitative estimate of drug-likeness (QED) is 0.874. The van der Waals surface area contributed by atoms with E-state index in [1.807, 2.05) is 0 Å². The molecule has 2 aromatic rings. The summed E-state index contributed by atoms with van der Waals surface area (Å²) in [5.74, 6) is 0. The van der Waals surface area contributed by atoms with Gasteiger partial charge >= 0.3 is 0 Å². The summed E-state index contributed by atoms with van der Waals surface area (Å²) in [4.78, 5) is 5.64. The zero-order valence-corrected chi connectivity index (χ0v) is 11.0. The number of nitrogens with one attached hydrogen (secondary N) is 1. The van der Waals surface area contributed by atoms with E-state index in [-0.39, 0.29) is 0 Å². The van der Waals surface area contributed by atoms with Crippen molar-refractivity contribution >= 4 is 10.9 Å². The maximum atomic E-state index is 8.57. The minimum absolute atomic E-state index is 0.601. The van der Waals surface area contributed by atoms with Crippen LogP contribution in [0.25, 0.3) is 10.9 Å². The van der Waals surface area contributed by atoms with Crippen molar-refractivity contribution in [3.05, 3.63) is 35.5 Å². The highest BCUT2D eigenvalue weighted by Crippen LogP contribution is 2.22. The van der Waals surface area contributed by atoms with Crippen LogP contribution in [-0.4, -0.2) is 30.0 Å². The van der Waals surface area contributed by atoms with Gasteiger partial charge in [-0.15, -0.1) is 0 Å². The molecule has 1 N–H and O–H groups in total. The lowest BCUT2D eigenvalue weighted by molar-refractivity contribution is 0.347. The average Bonchev–Trinajstić information content (AvgIpc) is 2.69. The Balaban J connectivity index is 2.08. The highest BCUT2D eigenvalue weighted by atomic mass is 15.1. The molecule has 0 saturated carbocycles. The Bertz CT molecular complexity index is 563. The van der Waals surface area contributed by atoms with E-state index in [4.69, 9.17) is 5.26 Å². The standard InChI is InChI=1S/C15H19N3/c1-12-13(8-11-18(2)10-5-9-16)14-6-3-4-7-15(14)17-12/h3-4,6-7,17H,5,8,10-11H2,1-2H3. The molecular formula is C15H19N3. The van der Waals surface area contributed by atoms with E-state index in [1.165, 1.54) is 22.2 Å². The second-order valence-electron chi connectivity index (χ2n) is 4.74. The number of fused-ring (bicyclic) bond motifs is 1. The molecule has 1 aromatic heterocycles. The summed E-state index contributed by atoms with van der Waals surface area (Å²) in [6.07, 6.45) is 1.63. The maximum Gasteiger partial charge on any atom is 0.0635 e. The van der Waals surface area contributed by atoms with Gasteiger partial charge in [0.15, 0.2) is 0 Å². The van der Waals surface area contributed by atoms with E-state index in [0.29, 0.717) is 6.42 Å². The van der Waals surface area contributed by atoms with Gasteiger partial charge in [-0.3, -0.25) is 0 Å². The fraction of sp³-hybridized carbons (Fsp3) is 0.400. The Labute approximate surface area is 108 Å². The van der Waals surface area contributed by atoms with E-state index >= 15 is 0 Å². The topological polar surface area (TPSA) is 42.8 Å². The second kappa shape index (κ2) is 5.70. The van der Waals surface area contributed by atoms with E-state index in [0.717, 1.165) is 19.5 Å². The Morgan fingerprint density at radius 1 is 1.28 bits per heavy atom. The minimum atomic E-state index is 0.601. The van der Waals surface area contributed by atoms with Crippen LogP contribution in [0.3, 0.4) is 0 Å². The Morgan fingerprint density at radius 2 is 2.06 bits per heavy atom. The number of aryl methyl sites for hydroxylation is 1. The van der Waals surface area contributed by atoms with Gasteiger partial charge in [-0.2, -0.15) is 5.26 Å². The lowest BCUT2D eigenvalue weighted by Gasteiger charge is -2.14. The van der Waals surface area contributed by atoms with Gasteiger partial charge in [-0.25, -0.2) is 0 Å². The summed E-state index contributed by atoms with van der Waals surface area (Å²) < 4.78 is 0. The molecule has 2 rings (SSSR count). The number of aromatic nitrogens is 1. The zero-order valence-electron chi connectivity index (χ0n) is 11.0. The molecule has 0 aliphatic carbocycles. The van der Waals surface area contributed by atoms with E-state index < -0.39 is 0 Å². The van der Waals surface area contributed by atoms with Crippen molar-refractivity contribution < 1.29 is 0 Å². The molecule has 0 aliphatic heterocycles. The number of para-hydroxylation sites is 1. The molecule has 0 fully saturated rings. The highest BCUT2D eigenvalue weighted by Gasteiger charge is 2.08. The number of nitrogens with zero attached hydrogens (tertiary/aromatic N) is 2. The minimum Gasteiger partial charge on any atom is -0.358 e. The Kier molecular flexibility index (Phi) is 4.01. The van der Waals surface area contributed by atoms with E-state index in [1.54, 1.807) is 0 Å². The fourth-order valence-electron chi connectivity index (χ4n) is 2.31. The molecule has 0 radical (unpaired) electrons. The van der Waals surface area contributed by atoms with Crippen LogP contribution in [0, 0.1) is 18.3 Å². The molecule has 1 heterocycles. The fourth-order valence-corrected chi connectivity index (χ4v) is 2.31. The third-order valence-corrected chi connectivity index (χ3v) is 3.38. The summed E-state index contributed by atoms with van der Waals surface area (Å²) in [7, 11) is 2.07. The van der Waals surface area contributed by atoms with Crippen LogP contribution in [0.15, 0.2) is 24.3 Å². The summed E-state index contributed by atoms with van der Waals surface area (Å²) >= 11 is 0. The number of rotatable bonds is 5. The summed E-state index contributed by atoms with van der Waals surface area (Å²) in [5, 5.41) is 9.89. The molecular weight excluding hydrogens is 222 g/mol. The lowest BCUT2D eigenvalue weighted by Crippen LogP contribution is -2.22. The number of H-pyrrole nitrogens is 1. The smallest absolute Gasteiger partial charge is 0.0635 e. The van der Waals surface area contributed by atoms with Crippen LogP contribution in [0.2, 0.25) is 0 Å². The zero-order chi connectivity index (χ0) is 13.0. The SMILES string of the molecule is Cc1[nH]c2ccccc2c1CCN(C)CCC#N. The van der Waals surface area contributed by atoms with Gasteiger partial charge in [0.2, 0.25) is 0 Å². The number of hydrogen-bond acceptors (Lipinski definition) is 2. The molecule has 0 unspecified atom stereocenters. The van der Waals surface area contributed by atoms with Crippen LogP contribution < -0.4 is 0 Å². The molecule has 3 heteroatoms. The van der Waals surface area contributed by atoms with Gasteiger partial charge in [0.1, 0.15) is 0 Å². The van der Waals surface area contributed by atoms with Crippen LogP contribution in [0.1, 0.15) is 17.7 Å². The van der Waals surface area contributed by atoms with Gasteiger partial charge in [0, 0.05) is 36.1 Å². The molecule has 0 saturated heterocycles. The summed E-state index contributed by atoms with van der Waals surface area (Å²) in [5.41, 5.74) is 3.86. The van der Waals surface area contributed by atoms with Crippen molar-refractivity contribution in [1.29, 1.82) is 5.26 Å². The maximum absolute atomic E-state index is 8.57. The van der Waals surface area contributed by atoms with Crippen molar-refractivity contribution in [2.45, 2.75) is 19.8 Å². The number of likely N-dealkylation sites (N-methyl/N-ethyl adjacent to an activating group) is 1. The molecule has 0 atom stereocenters. The van der Waals surface area contributed by atoms with Crippen molar-refractivity contribution in [1.82, 2.24) is 9.88 Å². The van der Waals surface area contributed by atoms with Crippen LogP contribution in [0.5, 0.6) is 0 Å². The van der Waals surface area contributed by atoms with Gasteiger partial charge in [0.05, 0.1) is 6.07 Å². The Hall–Kier alpha value is -1.79. The van der Waals surface area contributed by atoms with Gasteiger partial charge < -0.3 is 9.88 Å².